The average Bonchev–Trinajstić information content (AvgIpc) is 2.63. The van der Waals surface area contributed by atoms with Gasteiger partial charge < -0.3 is 14.8 Å². The van der Waals surface area contributed by atoms with Crippen LogP contribution in [0.1, 0.15) is 56.9 Å². The number of carbonyl (C=O) groups is 2. The van der Waals surface area contributed by atoms with Crippen LogP contribution < -0.4 is 5.32 Å². The maximum atomic E-state index is 11.4. The number of ether oxygens (including phenoxy) is 2. The zero-order valence-corrected chi connectivity index (χ0v) is 15.3. The van der Waals surface area contributed by atoms with Crippen molar-refractivity contribution >= 4 is 17.6 Å². The van der Waals surface area contributed by atoms with Crippen molar-refractivity contribution in [3.05, 3.63) is 29.8 Å². The molecule has 0 atom stereocenters. The first-order valence-electron chi connectivity index (χ1n) is 9.18. The highest BCUT2D eigenvalue weighted by Crippen LogP contribution is 2.37. The van der Waals surface area contributed by atoms with Crippen LogP contribution in [0.5, 0.6) is 0 Å². The van der Waals surface area contributed by atoms with Crippen molar-refractivity contribution in [2.45, 2.75) is 51.4 Å². The standard InChI is InChI=1S/C20H29NO4/c1-3-25-19(22)12-13-21-18-10-8-17(9-11-18)16-6-4-15(5-7-16)14-20(23)24-2/h8-11,15-16,21H,3-7,12-14H2,1-2H3/t15-,16-. The number of nitrogens with one attached hydrogen (secondary N) is 1. The van der Waals surface area contributed by atoms with E-state index in [9.17, 15) is 9.59 Å². The predicted octanol–water partition coefficient (Wildman–Crippen LogP) is 3.89. The second kappa shape index (κ2) is 10.1. The highest BCUT2D eigenvalue weighted by molar-refractivity contribution is 5.70. The Kier molecular flexibility index (Phi) is 7.76. The maximum absolute atomic E-state index is 11.4. The molecule has 2 rings (SSSR count). The third kappa shape index (κ3) is 6.40. The highest BCUT2D eigenvalue weighted by Gasteiger charge is 2.24. The van der Waals surface area contributed by atoms with Crippen molar-refractivity contribution in [2.24, 2.45) is 5.92 Å². The van der Waals surface area contributed by atoms with Gasteiger partial charge in [0.15, 0.2) is 0 Å². The summed E-state index contributed by atoms with van der Waals surface area (Å²) in [5.41, 5.74) is 2.37. The maximum Gasteiger partial charge on any atom is 0.307 e. The van der Waals surface area contributed by atoms with Gasteiger partial charge in [-0.1, -0.05) is 12.1 Å². The molecule has 1 fully saturated rings. The molecule has 1 N–H and O–H groups in total. The van der Waals surface area contributed by atoms with Gasteiger partial charge >= 0.3 is 11.9 Å². The Morgan fingerprint density at radius 1 is 1.08 bits per heavy atom. The summed E-state index contributed by atoms with van der Waals surface area (Å²) in [6, 6.07) is 8.47. The molecule has 1 aromatic carbocycles. The Bertz CT molecular complexity index is 547. The minimum Gasteiger partial charge on any atom is -0.469 e. The molecular formula is C20H29NO4. The first-order chi connectivity index (χ1) is 12.1. The third-order valence-corrected chi connectivity index (χ3v) is 4.88. The van der Waals surface area contributed by atoms with E-state index in [1.165, 1.54) is 12.7 Å². The quantitative estimate of drug-likeness (QED) is 0.723. The number of hydrogen-bond donors (Lipinski definition) is 1. The summed E-state index contributed by atoms with van der Waals surface area (Å²) in [6.07, 6.45) is 5.33. The van der Waals surface area contributed by atoms with Crippen molar-refractivity contribution in [1.82, 2.24) is 0 Å². The van der Waals surface area contributed by atoms with Crippen LogP contribution >= 0.6 is 0 Å². The number of benzene rings is 1. The minimum absolute atomic E-state index is 0.0957. The van der Waals surface area contributed by atoms with Gasteiger partial charge in [0.1, 0.15) is 0 Å². The van der Waals surface area contributed by atoms with Gasteiger partial charge in [0.2, 0.25) is 0 Å². The number of rotatable bonds is 8. The molecule has 0 radical (unpaired) electrons. The highest BCUT2D eigenvalue weighted by atomic mass is 16.5. The Labute approximate surface area is 150 Å². The van der Waals surface area contributed by atoms with Gasteiger partial charge in [-0.15, -0.1) is 0 Å². The molecule has 0 spiro atoms. The van der Waals surface area contributed by atoms with Gasteiger partial charge in [-0.25, -0.2) is 0 Å². The molecule has 1 aliphatic carbocycles. The van der Waals surface area contributed by atoms with Crippen molar-refractivity contribution in [1.29, 1.82) is 0 Å². The predicted molar refractivity (Wildman–Crippen MR) is 97.5 cm³/mol. The lowest BCUT2D eigenvalue weighted by atomic mass is 9.77. The van der Waals surface area contributed by atoms with Crippen LogP contribution in [-0.4, -0.2) is 32.2 Å². The number of carbonyl (C=O) groups excluding carboxylic acids is 2. The van der Waals surface area contributed by atoms with E-state index in [-0.39, 0.29) is 11.9 Å². The summed E-state index contributed by atoms with van der Waals surface area (Å²) in [7, 11) is 1.45. The summed E-state index contributed by atoms with van der Waals surface area (Å²) < 4.78 is 9.67. The van der Waals surface area contributed by atoms with E-state index < -0.39 is 0 Å². The van der Waals surface area contributed by atoms with E-state index in [0.717, 1.165) is 31.4 Å². The Morgan fingerprint density at radius 2 is 1.76 bits per heavy atom. The molecule has 0 saturated heterocycles. The Balaban J connectivity index is 1.75. The van der Waals surface area contributed by atoms with Gasteiger partial charge in [-0.3, -0.25) is 9.59 Å². The lowest BCUT2D eigenvalue weighted by Gasteiger charge is -2.28. The van der Waals surface area contributed by atoms with Gasteiger partial charge in [-0.2, -0.15) is 0 Å². The van der Waals surface area contributed by atoms with Crippen LogP contribution in [0.15, 0.2) is 24.3 Å². The summed E-state index contributed by atoms with van der Waals surface area (Å²) in [5.74, 6) is 0.770. The smallest absolute Gasteiger partial charge is 0.307 e. The minimum atomic E-state index is -0.171. The van der Waals surface area contributed by atoms with Crippen molar-refractivity contribution in [3.8, 4) is 0 Å². The number of methoxy groups -OCH3 is 1. The summed E-state index contributed by atoms with van der Waals surface area (Å²) >= 11 is 0. The van der Waals surface area contributed by atoms with E-state index in [0.29, 0.717) is 37.8 Å². The summed E-state index contributed by atoms with van der Waals surface area (Å²) in [4.78, 5) is 22.7. The first kappa shape index (κ1) is 19.3. The molecule has 0 bridgehead atoms. The molecule has 0 unspecified atom stereocenters. The zero-order chi connectivity index (χ0) is 18.1. The molecule has 1 saturated carbocycles. The fourth-order valence-electron chi connectivity index (χ4n) is 3.43. The van der Waals surface area contributed by atoms with E-state index in [2.05, 4.69) is 29.6 Å². The van der Waals surface area contributed by atoms with E-state index in [4.69, 9.17) is 9.47 Å². The molecule has 1 aromatic rings. The molecule has 0 amide bonds. The fraction of sp³-hybridized carbons (Fsp3) is 0.600. The molecule has 5 heteroatoms. The van der Waals surface area contributed by atoms with Gasteiger partial charge in [0.25, 0.3) is 0 Å². The van der Waals surface area contributed by atoms with Crippen LogP contribution in [-0.2, 0) is 19.1 Å². The van der Waals surface area contributed by atoms with Crippen LogP contribution in [0, 0.1) is 5.92 Å². The summed E-state index contributed by atoms with van der Waals surface area (Å²) in [5, 5.41) is 3.25. The molecule has 0 heterocycles. The molecule has 0 aromatic heterocycles. The topological polar surface area (TPSA) is 64.6 Å². The molecule has 138 valence electrons. The Morgan fingerprint density at radius 3 is 2.36 bits per heavy atom. The normalized spacial score (nSPS) is 19.9. The monoisotopic (exact) mass is 347 g/mol. The second-order valence-electron chi connectivity index (χ2n) is 6.60. The number of anilines is 1. The molecule has 0 aliphatic heterocycles. The molecule has 1 aliphatic rings. The largest absolute Gasteiger partial charge is 0.469 e. The molecular weight excluding hydrogens is 318 g/mol. The average molecular weight is 347 g/mol. The van der Waals surface area contributed by atoms with Crippen LogP contribution in [0.2, 0.25) is 0 Å². The number of hydrogen-bond acceptors (Lipinski definition) is 5. The molecule has 5 nitrogen and oxygen atoms in total. The van der Waals surface area contributed by atoms with Gasteiger partial charge in [-0.05, 0) is 62.1 Å². The van der Waals surface area contributed by atoms with Gasteiger partial charge in [0.05, 0.1) is 20.1 Å². The van der Waals surface area contributed by atoms with Crippen molar-refractivity contribution in [3.63, 3.8) is 0 Å². The van der Waals surface area contributed by atoms with Crippen molar-refractivity contribution < 1.29 is 19.1 Å². The SMILES string of the molecule is CCOC(=O)CCNc1ccc([C@H]2CC[C@H](CC(=O)OC)CC2)cc1. The van der Waals surface area contributed by atoms with Crippen LogP contribution in [0.3, 0.4) is 0 Å². The van der Waals surface area contributed by atoms with Gasteiger partial charge in [0, 0.05) is 18.7 Å². The van der Waals surface area contributed by atoms with Crippen LogP contribution in [0.25, 0.3) is 0 Å². The first-order valence-corrected chi connectivity index (χ1v) is 9.18. The van der Waals surface area contributed by atoms with E-state index >= 15 is 0 Å². The lowest BCUT2D eigenvalue weighted by Crippen LogP contribution is -2.17. The Hall–Kier alpha value is -2.04. The van der Waals surface area contributed by atoms with Crippen molar-refractivity contribution in [2.75, 3.05) is 25.6 Å². The fourth-order valence-corrected chi connectivity index (χ4v) is 3.43. The number of esters is 2. The second-order valence-corrected chi connectivity index (χ2v) is 6.60. The summed E-state index contributed by atoms with van der Waals surface area (Å²) in [6.45, 7) is 2.82. The third-order valence-electron chi connectivity index (χ3n) is 4.88. The lowest BCUT2D eigenvalue weighted by molar-refractivity contribution is -0.143. The zero-order valence-electron chi connectivity index (χ0n) is 15.3. The van der Waals surface area contributed by atoms with Crippen LogP contribution in [0.4, 0.5) is 5.69 Å². The molecule has 25 heavy (non-hydrogen) atoms. The van der Waals surface area contributed by atoms with E-state index in [1.807, 2.05) is 6.92 Å². The van der Waals surface area contributed by atoms with E-state index in [1.54, 1.807) is 0 Å².